The summed E-state index contributed by atoms with van der Waals surface area (Å²) in [7, 11) is 0. The zero-order chi connectivity index (χ0) is 11.8. The normalized spacial score (nSPS) is 24.4. The Hall–Kier alpha value is -0.870. The minimum absolute atomic E-state index is 0.255. The number of aliphatic hydroxyl groups excluding tert-OH is 1. The second-order valence-electron chi connectivity index (χ2n) is 4.96. The molecule has 1 aliphatic carbocycles. The van der Waals surface area contributed by atoms with E-state index < -0.39 is 0 Å². The van der Waals surface area contributed by atoms with E-state index in [0.29, 0.717) is 17.0 Å². The van der Waals surface area contributed by atoms with Gasteiger partial charge in [-0.3, -0.25) is 0 Å². The summed E-state index contributed by atoms with van der Waals surface area (Å²) in [6.45, 7) is 2.07. The van der Waals surface area contributed by atoms with Gasteiger partial charge in [0.1, 0.15) is 16.8 Å². The van der Waals surface area contributed by atoms with E-state index >= 15 is 0 Å². The molecule has 0 spiro atoms. The second-order valence-corrected chi connectivity index (χ2v) is 5.35. The standard InChI is InChI=1S/C12H16ClN3O/c13-10-5-11(15-12(14-10)9-1-2-9)16-4-3-8(6-16)7-17/h5,8-9,17H,1-4,6-7H2/t8-/m0/s1. The largest absolute Gasteiger partial charge is 0.396 e. The van der Waals surface area contributed by atoms with Gasteiger partial charge in [-0.05, 0) is 19.3 Å². The Bertz CT molecular complexity index is 422. The SMILES string of the molecule is OC[C@H]1CCN(c2cc(Cl)nc(C3CC3)n2)C1. The van der Waals surface area contributed by atoms with Crippen LogP contribution in [0.5, 0.6) is 0 Å². The average Bonchev–Trinajstić information content (AvgIpc) is 3.06. The molecule has 2 aliphatic rings. The zero-order valence-corrected chi connectivity index (χ0v) is 10.4. The number of nitrogens with zero attached hydrogens (tertiary/aromatic N) is 3. The molecule has 3 rings (SSSR count). The number of anilines is 1. The molecule has 0 bridgehead atoms. The minimum Gasteiger partial charge on any atom is -0.396 e. The van der Waals surface area contributed by atoms with Crippen molar-refractivity contribution in [3.8, 4) is 0 Å². The number of rotatable bonds is 3. The minimum atomic E-state index is 0.255. The molecule has 5 heteroatoms. The third-order valence-corrected chi connectivity index (χ3v) is 3.70. The molecular formula is C12H16ClN3O. The van der Waals surface area contributed by atoms with Crippen LogP contribution < -0.4 is 4.90 Å². The highest BCUT2D eigenvalue weighted by molar-refractivity contribution is 6.29. The van der Waals surface area contributed by atoms with Crippen LogP contribution in [0.15, 0.2) is 6.07 Å². The Balaban J connectivity index is 1.82. The monoisotopic (exact) mass is 253 g/mol. The van der Waals surface area contributed by atoms with E-state index in [1.165, 1.54) is 12.8 Å². The number of aromatic nitrogens is 2. The van der Waals surface area contributed by atoms with Crippen molar-refractivity contribution in [1.82, 2.24) is 9.97 Å². The van der Waals surface area contributed by atoms with Crippen LogP contribution in [0.4, 0.5) is 5.82 Å². The van der Waals surface area contributed by atoms with Crippen LogP contribution in [0.3, 0.4) is 0 Å². The van der Waals surface area contributed by atoms with Crippen LogP contribution in [0.25, 0.3) is 0 Å². The molecule has 2 heterocycles. The van der Waals surface area contributed by atoms with Gasteiger partial charge in [-0.2, -0.15) is 0 Å². The fourth-order valence-electron chi connectivity index (χ4n) is 2.30. The Morgan fingerprint density at radius 3 is 2.82 bits per heavy atom. The summed E-state index contributed by atoms with van der Waals surface area (Å²) in [4.78, 5) is 11.1. The molecule has 0 radical (unpaired) electrons. The number of hydrogen-bond donors (Lipinski definition) is 1. The van der Waals surface area contributed by atoms with E-state index in [-0.39, 0.29) is 6.61 Å². The van der Waals surface area contributed by atoms with Crippen molar-refractivity contribution in [3.05, 3.63) is 17.0 Å². The van der Waals surface area contributed by atoms with Crippen LogP contribution in [0.2, 0.25) is 5.15 Å². The van der Waals surface area contributed by atoms with E-state index in [2.05, 4.69) is 14.9 Å². The first-order valence-electron chi connectivity index (χ1n) is 6.16. The lowest BCUT2D eigenvalue weighted by molar-refractivity contribution is 0.238. The molecule has 1 aliphatic heterocycles. The van der Waals surface area contributed by atoms with Crippen LogP contribution in [-0.4, -0.2) is 34.8 Å². The molecule has 0 aromatic carbocycles. The fraction of sp³-hybridized carbons (Fsp3) is 0.667. The van der Waals surface area contributed by atoms with Gasteiger partial charge < -0.3 is 10.0 Å². The van der Waals surface area contributed by atoms with Gasteiger partial charge in [0.25, 0.3) is 0 Å². The zero-order valence-electron chi connectivity index (χ0n) is 9.64. The Morgan fingerprint density at radius 1 is 1.35 bits per heavy atom. The summed E-state index contributed by atoms with van der Waals surface area (Å²) >= 11 is 6.04. The Kier molecular flexibility index (Phi) is 2.92. The maximum absolute atomic E-state index is 9.15. The van der Waals surface area contributed by atoms with E-state index in [0.717, 1.165) is 31.2 Å². The molecule has 0 unspecified atom stereocenters. The first-order valence-corrected chi connectivity index (χ1v) is 6.54. The molecule has 4 nitrogen and oxygen atoms in total. The second kappa shape index (κ2) is 4.42. The van der Waals surface area contributed by atoms with Crippen molar-refractivity contribution in [1.29, 1.82) is 0 Å². The molecule has 1 aromatic rings. The highest BCUT2D eigenvalue weighted by atomic mass is 35.5. The van der Waals surface area contributed by atoms with Gasteiger partial charge in [0.05, 0.1) is 0 Å². The average molecular weight is 254 g/mol. The number of aliphatic hydroxyl groups is 1. The van der Waals surface area contributed by atoms with Gasteiger partial charge in [-0.15, -0.1) is 0 Å². The fourth-order valence-corrected chi connectivity index (χ4v) is 2.48. The first kappa shape index (κ1) is 11.2. The van der Waals surface area contributed by atoms with Gasteiger partial charge in [-0.25, -0.2) is 9.97 Å². The van der Waals surface area contributed by atoms with Gasteiger partial charge in [0.15, 0.2) is 0 Å². The summed E-state index contributed by atoms with van der Waals surface area (Å²) in [5, 5.41) is 9.68. The van der Waals surface area contributed by atoms with Gasteiger partial charge >= 0.3 is 0 Å². The number of halogens is 1. The van der Waals surface area contributed by atoms with Crippen molar-refractivity contribution in [3.63, 3.8) is 0 Å². The first-order chi connectivity index (χ1) is 8.26. The molecule has 0 amide bonds. The molecule has 1 aromatic heterocycles. The maximum Gasteiger partial charge on any atom is 0.135 e. The van der Waals surface area contributed by atoms with Crippen LogP contribution in [0, 0.1) is 5.92 Å². The Labute approximate surface area is 106 Å². The van der Waals surface area contributed by atoms with Crippen LogP contribution in [0.1, 0.15) is 31.0 Å². The van der Waals surface area contributed by atoms with Gasteiger partial charge in [-0.1, -0.05) is 11.6 Å². The summed E-state index contributed by atoms with van der Waals surface area (Å²) < 4.78 is 0. The molecular weight excluding hydrogens is 238 g/mol. The van der Waals surface area contributed by atoms with E-state index in [1.54, 1.807) is 0 Å². The van der Waals surface area contributed by atoms with E-state index in [9.17, 15) is 0 Å². The maximum atomic E-state index is 9.15. The third kappa shape index (κ3) is 2.38. The molecule has 1 saturated heterocycles. The van der Waals surface area contributed by atoms with Gasteiger partial charge in [0, 0.05) is 37.6 Å². The highest BCUT2D eigenvalue weighted by Crippen LogP contribution is 2.39. The topological polar surface area (TPSA) is 49.2 Å². The Morgan fingerprint density at radius 2 is 2.18 bits per heavy atom. The van der Waals surface area contributed by atoms with Crippen molar-refractivity contribution in [2.75, 3.05) is 24.6 Å². The molecule has 92 valence electrons. The highest BCUT2D eigenvalue weighted by Gasteiger charge is 2.29. The van der Waals surface area contributed by atoms with Crippen molar-refractivity contribution in [2.24, 2.45) is 5.92 Å². The summed E-state index contributed by atoms with van der Waals surface area (Å²) in [6.07, 6.45) is 3.38. The van der Waals surface area contributed by atoms with E-state index in [4.69, 9.17) is 16.7 Å². The third-order valence-electron chi connectivity index (χ3n) is 3.51. The van der Waals surface area contributed by atoms with Crippen LogP contribution in [-0.2, 0) is 0 Å². The molecule has 1 N–H and O–H groups in total. The molecule has 2 fully saturated rings. The quantitative estimate of drug-likeness (QED) is 0.835. The lowest BCUT2D eigenvalue weighted by Crippen LogP contribution is -2.22. The molecule has 1 atom stereocenters. The smallest absolute Gasteiger partial charge is 0.135 e. The predicted octanol–water partition coefficient (Wildman–Crippen LogP) is 1.83. The lowest BCUT2D eigenvalue weighted by atomic mass is 10.1. The molecule has 1 saturated carbocycles. The predicted molar refractivity (Wildman–Crippen MR) is 66.4 cm³/mol. The summed E-state index contributed by atoms with van der Waals surface area (Å²) in [5.41, 5.74) is 0. The van der Waals surface area contributed by atoms with Crippen molar-refractivity contribution < 1.29 is 5.11 Å². The summed E-state index contributed by atoms with van der Waals surface area (Å²) in [5.74, 6) is 2.69. The lowest BCUT2D eigenvalue weighted by Gasteiger charge is -2.17. The number of hydrogen-bond acceptors (Lipinski definition) is 4. The van der Waals surface area contributed by atoms with Crippen molar-refractivity contribution in [2.45, 2.75) is 25.2 Å². The van der Waals surface area contributed by atoms with Gasteiger partial charge in [0.2, 0.25) is 0 Å². The van der Waals surface area contributed by atoms with E-state index in [1.807, 2.05) is 6.07 Å². The molecule has 17 heavy (non-hydrogen) atoms. The summed E-state index contributed by atoms with van der Waals surface area (Å²) in [6, 6.07) is 1.83. The van der Waals surface area contributed by atoms with Crippen molar-refractivity contribution >= 4 is 17.4 Å². The van der Waals surface area contributed by atoms with Crippen LogP contribution >= 0.6 is 11.6 Å².